The van der Waals surface area contributed by atoms with Crippen molar-refractivity contribution in [2.24, 2.45) is 32.5 Å². The van der Waals surface area contributed by atoms with E-state index in [1.807, 2.05) is 125 Å². The number of carbonyl (C=O) groups excluding carboxylic acids is 3. The first kappa shape index (κ1) is 45.3. The van der Waals surface area contributed by atoms with E-state index in [1.54, 1.807) is 0 Å². The Kier molecular flexibility index (Phi) is 18.3. The molecule has 0 rings (SSSR count). The Balaban J connectivity index is -0.000000240. The first-order valence-corrected chi connectivity index (χ1v) is 13.5. The molecule has 0 spiro atoms. The molecule has 0 saturated heterocycles. The van der Waals surface area contributed by atoms with Gasteiger partial charge in [0.25, 0.3) is 0 Å². The summed E-state index contributed by atoms with van der Waals surface area (Å²) in [5.74, 6) is -0.625. The number of rotatable bonds is 3. The zero-order chi connectivity index (χ0) is 32.6. The van der Waals surface area contributed by atoms with Gasteiger partial charge in [-0.05, 0) is 34.5 Å². The molecule has 0 atom stereocenters. The fourth-order valence-corrected chi connectivity index (χ4v) is 1.66. The van der Waals surface area contributed by atoms with Gasteiger partial charge in [-0.2, -0.15) is 0 Å². The van der Waals surface area contributed by atoms with E-state index in [1.165, 1.54) is 18.2 Å². The summed E-state index contributed by atoms with van der Waals surface area (Å²) in [7, 11) is 0. The van der Waals surface area contributed by atoms with Gasteiger partial charge in [-0.25, -0.2) is 0 Å². The van der Waals surface area contributed by atoms with Gasteiger partial charge in [0.05, 0.1) is 0 Å². The van der Waals surface area contributed by atoms with Crippen molar-refractivity contribution in [3.8, 4) is 0 Å². The van der Waals surface area contributed by atoms with Crippen LogP contribution in [0.4, 0.5) is 0 Å². The van der Waals surface area contributed by atoms with E-state index in [4.69, 9.17) is 0 Å². The molecule has 0 aliphatic rings. The van der Waals surface area contributed by atoms with E-state index in [0.29, 0.717) is 0 Å². The molecule has 7 heteroatoms. The number of ketones is 3. The predicted molar refractivity (Wildman–Crippen MR) is 156 cm³/mol. The molecule has 0 aromatic carbocycles. The minimum Gasteiger partial charge on any atom is -0.875 e. The van der Waals surface area contributed by atoms with E-state index in [0.717, 1.165) is 0 Å². The maximum atomic E-state index is 11.4. The molecule has 0 unspecified atom stereocenters. The first-order valence-electron chi connectivity index (χ1n) is 13.5. The largest absolute Gasteiger partial charge is 3.00 e. The van der Waals surface area contributed by atoms with Gasteiger partial charge < -0.3 is 15.3 Å². The molecular weight excluding hydrogens is 540 g/mol. The second-order valence-electron chi connectivity index (χ2n) is 16.1. The Morgan fingerprint density at radius 3 is 0.550 bits per heavy atom. The van der Waals surface area contributed by atoms with Gasteiger partial charge in [-0.1, -0.05) is 125 Å². The molecule has 6 nitrogen and oxygen atoms in total. The molecule has 0 bridgehead atoms. The van der Waals surface area contributed by atoms with Gasteiger partial charge in [0.2, 0.25) is 0 Å². The molecule has 40 heavy (non-hydrogen) atoms. The van der Waals surface area contributed by atoms with Gasteiger partial charge in [0, 0.05) is 16.2 Å². The van der Waals surface area contributed by atoms with Crippen molar-refractivity contribution < 1.29 is 51.4 Å². The normalized spacial score (nSPS) is 14.1. The Bertz CT molecular complexity index is 801. The molecule has 0 saturated carbocycles. The van der Waals surface area contributed by atoms with Crippen molar-refractivity contribution in [3.05, 3.63) is 35.5 Å². The van der Waals surface area contributed by atoms with Crippen molar-refractivity contribution in [2.75, 3.05) is 0 Å². The van der Waals surface area contributed by atoms with Crippen LogP contribution in [0.3, 0.4) is 0 Å². The van der Waals surface area contributed by atoms with Gasteiger partial charge in [0.1, 0.15) is 0 Å². The second kappa shape index (κ2) is 16.1. The average Bonchev–Trinajstić information content (AvgIpc) is 2.64. The summed E-state index contributed by atoms with van der Waals surface area (Å²) in [5.41, 5.74) is -2.74. The minimum atomic E-state index is -0.457. The zero-order valence-corrected chi connectivity index (χ0v) is 30.2. The number of allylic oxidation sites excluding steroid dienone is 6. The van der Waals surface area contributed by atoms with Crippen LogP contribution in [0.25, 0.3) is 0 Å². The fraction of sp³-hybridized carbons (Fsp3) is 0.727. The summed E-state index contributed by atoms with van der Waals surface area (Å²) >= 11 is 0. The summed E-state index contributed by atoms with van der Waals surface area (Å²) in [4.78, 5) is 34.3. The SMILES string of the molecule is CC(C)(C)C(=O)C=C([O-])C(C)(C)C.CC(C)(C)C(=O)C=C([O-])C(C)(C)C.CC(C)(C)C(=O)C=C([O-])C(C)(C)C.[Ti+3]. The Morgan fingerprint density at radius 2 is 0.475 bits per heavy atom. The van der Waals surface area contributed by atoms with Crippen molar-refractivity contribution in [1.82, 2.24) is 0 Å². The molecule has 0 aliphatic heterocycles. The van der Waals surface area contributed by atoms with Crippen LogP contribution in [0.15, 0.2) is 35.5 Å². The molecule has 1 radical (unpaired) electrons. The second-order valence-corrected chi connectivity index (χ2v) is 16.1. The van der Waals surface area contributed by atoms with Crippen LogP contribution in [0, 0.1) is 32.5 Å². The molecule has 0 aromatic rings. The summed E-state index contributed by atoms with van der Waals surface area (Å²) in [6, 6.07) is 0. The third-order valence-electron chi connectivity index (χ3n) is 5.22. The van der Waals surface area contributed by atoms with Crippen LogP contribution >= 0.6 is 0 Å². The Labute approximate surface area is 260 Å². The molecule has 0 heterocycles. The number of hydrogen-bond acceptors (Lipinski definition) is 6. The van der Waals surface area contributed by atoms with E-state index in [2.05, 4.69) is 0 Å². The van der Waals surface area contributed by atoms with E-state index < -0.39 is 32.5 Å². The molecule has 0 aromatic heterocycles. The van der Waals surface area contributed by atoms with Crippen molar-refractivity contribution >= 4 is 17.3 Å². The van der Waals surface area contributed by atoms with Gasteiger partial charge >= 0.3 is 21.7 Å². The smallest absolute Gasteiger partial charge is 0.875 e. The molecular formula is C33H57O6Ti. The maximum Gasteiger partial charge on any atom is 3.00 e. The third kappa shape index (κ3) is 21.1. The predicted octanol–water partition coefficient (Wildman–Crippen LogP) is 5.67. The van der Waals surface area contributed by atoms with Gasteiger partial charge in [-0.15, -0.1) is 17.3 Å². The van der Waals surface area contributed by atoms with Crippen LogP contribution in [0.2, 0.25) is 0 Å². The number of hydrogen-bond donors (Lipinski definition) is 0. The number of carbonyl (C=O) groups is 3. The Morgan fingerprint density at radius 1 is 0.350 bits per heavy atom. The van der Waals surface area contributed by atoms with Crippen LogP contribution in [-0.4, -0.2) is 17.3 Å². The monoisotopic (exact) mass is 597 g/mol. The summed E-state index contributed by atoms with van der Waals surface area (Å²) in [5, 5.41) is 34.3. The first-order chi connectivity index (χ1) is 16.6. The molecule has 229 valence electrons. The maximum absolute atomic E-state index is 11.4. The quantitative estimate of drug-likeness (QED) is 0.235. The minimum absolute atomic E-state index is 0. The molecule has 0 N–H and O–H groups in total. The standard InChI is InChI=1S/3C11H20O2.Ti/c3*1-10(2,3)8(12)7-9(13)11(4,5)6;/h3*7,12H,1-6H3;/q;;;+3/p-3. The van der Waals surface area contributed by atoms with E-state index >= 15 is 0 Å². The van der Waals surface area contributed by atoms with E-state index in [9.17, 15) is 29.7 Å². The fourth-order valence-electron chi connectivity index (χ4n) is 1.66. The van der Waals surface area contributed by atoms with Gasteiger partial charge in [-0.3, -0.25) is 14.4 Å². The topological polar surface area (TPSA) is 120 Å². The van der Waals surface area contributed by atoms with Gasteiger partial charge in [0.15, 0.2) is 17.3 Å². The summed E-state index contributed by atoms with van der Waals surface area (Å²) < 4.78 is 0. The summed E-state index contributed by atoms with van der Waals surface area (Å²) in [6.45, 7) is 32.5. The zero-order valence-electron chi connectivity index (χ0n) is 28.7. The van der Waals surface area contributed by atoms with Crippen molar-refractivity contribution in [3.63, 3.8) is 0 Å². The van der Waals surface area contributed by atoms with E-state index in [-0.39, 0.29) is 56.3 Å². The molecule has 0 aliphatic carbocycles. The summed E-state index contributed by atoms with van der Waals surface area (Å²) in [6.07, 6.45) is 3.67. The van der Waals surface area contributed by atoms with Crippen LogP contribution in [0.1, 0.15) is 125 Å². The van der Waals surface area contributed by atoms with Crippen molar-refractivity contribution in [1.29, 1.82) is 0 Å². The average molecular weight is 598 g/mol. The van der Waals surface area contributed by atoms with Crippen molar-refractivity contribution in [2.45, 2.75) is 125 Å². The van der Waals surface area contributed by atoms with Crippen LogP contribution in [-0.2, 0) is 36.1 Å². The Hall–Kier alpha value is -1.66. The van der Waals surface area contributed by atoms with Crippen LogP contribution < -0.4 is 15.3 Å². The van der Waals surface area contributed by atoms with Crippen LogP contribution in [0.5, 0.6) is 0 Å². The molecule has 0 amide bonds. The molecule has 0 fully saturated rings. The third-order valence-corrected chi connectivity index (χ3v) is 5.22.